The van der Waals surface area contributed by atoms with E-state index in [0.717, 1.165) is 11.3 Å². The number of hydrogen-bond acceptors (Lipinski definition) is 4. The minimum absolute atomic E-state index is 0.125. The fourth-order valence-corrected chi connectivity index (χ4v) is 3.55. The summed E-state index contributed by atoms with van der Waals surface area (Å²) in [7, 11) is 0. The predicted octanol–water partition coefficient (Wildman–Crippen LogP) is 5.53. The number of pyridine rings is 1. The first-order chi connectivity index (χ1) is 15.8. The second kappa shape index (κ2) is 9.12. The molecule has 8 nitrogen and oxygen atoms in total. The van der Waals surface area contributed by atoms with Gasteiger partial charge in [-0.2, -0.15) is 5.10 Å². The van der Waals surface area contributed by atoms with Crippen LogP contribution in [0.3, 0.4) is 0 Å². The summed E-state index contributed by atoms with van der Waals surface area (Å²) in [6.45, 7) is 7.79. The largest absolute Gasteiger partial charge is 0.323 e. The number of aromatic nitrogens is 3. The smallest absolute Gasteiger partial charge is 0.322 e. The number of urea groups is 1. The summed E-state index contributed by atoms with van der Waals surface area (Å²) in [5, 5.41) is 13.6. The predicted molar refractivity (Wildman–Crippen MR) is 131 cm³/mol. The van der Waals surface area contributed by atoms with Gasteiger partial charge in [0.05, 0.1) is 17.1 Å². The highest BCUT2D eigenvalue weighted by Gasteiger charge is 2.18. The quantitative estimate of drug-likeness (QED) is 0.378. The van der Waals surface area contributed by atoms with Crippen molar-refractivity contribution in [2.24, 2.45) is 0 Å². The van der Waals surface area contributed by atoms with Crippen LogP contribution in [0.15, 0.2) is 60.8 Å². The minimum Gasteiger partial charge on any atom is -0.322 e. The number of nitrogens with zero attached hydrogens (tertiary/aromatic N) is 3. The van der Waals surface area contributed by atoms with Gasteiger partial charge in [-0.05, 0) is 63.6 Å². The van der Waals surface area contributed by atoms with Crippen LogP contribution in [0.5, 0.6) is 0 Å². The molecule has 0 aliphatic rings. The number of rotatable bonds is 5. The molecule has 0 saturated heterocycles. The Kier molecular flexibility index (Phi) is 6.08. The molecular weight excluding hydrogens is 416 g/mol. The summed E-state index contributed by atoms with van der Waals surface area (Å²) >= 11 is 0. The third kappa shape index (κ3) is 4.85. The molecule has 2 heterocycles. The number of amides is 3. The van der Waals surface area contributed by atoms with Gasteiger partial charge in [0.15, 0.2) is 5.65 Å². The van der Waals surface area contributed by atoms with Gasteiger partial charge in [-0.3, -0.25) is 4.79 Å². The molecule has 0 atom stereocenters. The van der Waals surface area contributed by atoms with Crippen molar-refractivity contribution in [2.45, 2.75) is 33.7 Å². The molecule has 3 amide bonds. The normalized spacial score (nSPS) is 10.9. The zero-order valence-electron chi connectivity index (χ0n) is 19.0. The number of carbonyl (C=O) groups excluding carboxylic acids is 2. The lowest BCUT2D eigenvalue weighted by Crippen LogP contribution is -2.20. The highest BCUT2D eigenvalue weighted by molar-refractivity contribution is 6.12. The molecule has 8 heteroatoms. The van der Waals surface area contributed by atoms with Crippen molar-refractivity contribution in [3.05, 3.63) is 77.6 Å². The van der Waals surface area contributed by atoms with E-state index in [2.05, 4.69) is 26.0 Å². The first-order valence-corrected chi connectivity index (χ1v) is 10.7. The highest BCUT2D eigenvalue weighted by atomic mass is 16.2. The number of para-hydroxylation sites is 1. The number of anilines is 3. The molecule has 0 fully saturated rings. The third-order valence-corrected chi connectivity index (χ3v) is 5.20. The Morgan fingerprint density at radius 1 is 0.909 bits per heavy atom. The molecule has 2 aromatic carbocycles. The number of nitrogens with one attached hydrogen (secondary N) is 3. The molecule has 2 aromatic heterocycles. The number of carbonyl (C=O) groups is 2. The van der Waals surface area contributed by atoms with Crippen molar-refractivity contribution >= 4 is 40.0 Å². The van der Waals surface area contributed by atoms with Gasteiger partial charge in [0.25, 0.3) is 5.91 Å². The van der Waals surface area contributed by atoms with Gasteiger partial charge in [0.2, 0.25) is 0 Å². The van der Waals surface area contributed by atoms with Gasteiger partial charge >= 0.3 is 6.03 Å². The van der Waals surface area contributed by atoms with Crippen LogP contribution in [0.25, 0.3) is 11.0 Å². The van der Waals surface area contributed by atoms with E-state index in [-0.39, 0.29) is 18.0 Å². The summed E-state index contributed by atoms with van der Waals surface area (Å²) in [4.78, 5) is 30.1. The van der Waals surface area contributed by atoms with E-state index in [0.29, 0.717) is 33.7 Å². The van der Waals surface area contributed by atoms with E-state index in [4.69, 9.17) is 0 Å². The van der Waals surface area contributed by atoms with Crippen molar-refractivity contribution in [3.63, 3.8) is 0 Å². The van der Waals surface area contributed by atoms with Crippen LogP contribution >= 0.6 is 0 Å². The van der Waals surface area contributed by atoms with Crippen molar-refractivity contribution < 1.29 is 9.59 Å². The Labute approximate surface area is 192 Å². The van der Waals surface area contributed by atoms with E-state index in [1.54, 1.807) is 41.2 Å². The highest BCUT2D eigenvalue weighted by Crippen LogP contribution is 2.25. The molecule has 0 aliphatic carbocycles. The monoisotopic (exact) mass is 442 g/mol. The topological polar surface area (TPSA) is 101 Å². The number of benzene rings is 2. The maximum absolute atomic E-state index is 13.2. The summed E-state index contributed by atoms with van der Waals surface area (Å²) in [5.41, 5.74) is 4.65. The summed E-state index contributed by atoms with van der Waals surface area (Å²) in [5.74, 6) is -0.261. The Balaban J connectivity index is 1.56. The Bertz CT molecular complexity index is 1330. The molecule has 0 bridgehead atoms. The van der Waals surface area contributed by atoms with E-state index >= 15 is 0 Å². The van der Waals surface area contributed by atoms with Crippen molar-refractivity contribution in [1.82, 2.24) is 14.8 Å². The van der Waals surface area contributed by atoms with E-state index < -0.39 is 0 Å². The van der Waals surface area contributed by atoms with Gasteiger partial charge in [0, 0.05) is 28.8 Å². The summed E-state index contributed by atoms with van der Waals surface area (Å²) < 4.78 is 1.81. The fraction of sp³-hybridized carbons (Fsp3) is 0.200. The second-order valence-electron chi connectivity index (χ2n) is 8.16. The lowest BCUT2D eigenvalue weighted by molar-refractivity contribution is 0.102. The van der Waals surface area contributed by atoms with Crippen molar-refractivity contribution in [2.75, 3.05) is 16.0 Å². The molecule has 0 unspecified atom stereocenters. The molecule has 3 N–H and O–H groups in total. The maximum Gasteiger partial charge on any atom is 0.323 e. The molecule has 0 aliphatic heterocycles. The Morgan fingerprint density at radius 3 is 2.36 bits per heavy atom. The molecule has 0 radical (unpaired) electrons. The fourth-order valence-electron chi connectivity index (χ4n) is 3.55. The molecule has 4 aromatic rings. The average Bonchev–Trinajstić information content (AvgIpc) is 3.20. The molecule has 168 valence electrons. The lowest BCUT2D eigenvalue weighted by Gasteiger charge is -2.13. The average molecular weight is 443 g/mol. The van der Waals surface area contributed by atoms with Crippen LogP contribution in [0.4, 0.5) is 21.9 Å². The number of hydrogen-bond donors (Lipinski definition) is 3. The van der Waals surface area contributed by atoms with Crippen LogP contribution in [0, 0.1) is 13.8 Å². The van der Waals surface area contributed by atoms with Crippen LogP contribution in [0.1, 0.15) is 41.5 Å². The maximum atomic E-state index is 13.2. The van der Waals surface area contributed by atoms with Gasteiger partial charge in [-0.25, -0.2) is 14.5 Å². The Morgan fingerprint density at radius 2 is 1.64 bits per heavy atom. The van der Waals surface area contributed by atoms with E-state index in [9.17, 15) is 9.59 Å². The summed E-state index contributed by atoms with van der Waals surface area (Å²) in [6, 6.07) is 16.1. The summed E-state index contributed by atoms with van der Waals surface area (Å²) in [6.07, 6.45) is 1.68. The van der Waals surface area contributed by atoms with Crippen LogP contribution in [0.2, 0.25) is 0 Å². The molecule has 4 rings (SSSR count). The van der Waals surface area contributed by atoms with E-state index in [1.807, 2.05) is 52.0 Å². The van der Waals surface area contributed by atoms with Gasteiger partial charge in [-0.1, -0.05) is 24.3 Å². The Hall–Kier alpha value is -4.20. The third-order valence-electron chi connectivity index (χ3n) is 5.20. The minimum atomic E-state index is -0.366. The van der Waals surface area contributed by atoms with Gasteiger partial charge in [0.1, 0.15) is 0 Å². The standard InChI is InChI=1S/C25H26N6O2/c1-15(2)31-23-21(14-26-31)20(12-17(4)27-23)24(32)30-22-13-19(11-10-16(22)3)29-25(33)28-18-8-6-5-7-9-18/h5-15H,1-4H3,(H,30,32)(H2,28,29,33). The van der Waals surface area contributed by atoms with Crippen LogP contribution in [-0.4, -0.2) is 26.7 Å². The first kappa shape index (κ1) is 22.0. The zero-order chi connectivity index (χ0) is 23.5. The molecule has 0 spiro atoms. The SMILES string of the molecule is Cc1cc(C(=O)Nc2cc(NC(=O)Nc3ccccc3)ccc2C)c2cnn(C(C)C)c2n1. The second-order valence-corrected chi connectivity index (χ2v) is 8.16. The number of aryl methyl sites for hydroxylation is 2. The van der Waals surface area contributed by atoms with Crippen LogP contribution < -0.4 is 16.0 Å². The lowest BCUT2D eigenvalue weighted by atomic mass is 10.1. The molecule has 33 heavy (non-hydrogen) atoms. The van der Waals surface area contributed by atoms with E-state index in [1.165, 1.54) is 0 Å². The molecule has 0 saturated carbocycles. The van der Waals surface area contributed by atoms with Gasteiger partial charge < -0.3 is 16.0 Å². The van der Waals surface area contributed by atoms with Gasteiger partial charge in [-0.15, -0.1) is 0 Å². The van der Waals surface area contributed by atoms with Crippen molar-refractivity contribution in [1.29, 1.82) is 0 Å². The first-order valence-electron chi connectivity index (χ1n) is 10.7. The van der Waals surface area contributed by atoms with Crippen LogP contribution in [-0.2, 0) is 0 Å². The number of fused-ring (bicyclic) bond motifs is 1. The molecular formula is C25H26N6O2. The van der Waals surface area contributed by atoms with Crippen molar-refractivity contribution in [3.8, 4) is 0 Å². The zero-order valence-corrected chi connectivity index (χ0v) is 19.0.